The molecular weight excluding hydrogens is 277 g/mol. The maximum absolute atomic E-state index is 14.0. The van der Waals surface area contributed by atoms with Gasteiger partial charge in [0.25, 0.3) is 5.69 Å². The fraction of sp³-hybridized carbons (Fsp3) is 0.133. The van der Waals surface area contributed by atoms with E-state index in [0.29, 0.717) is 0 Å². The van der Waals surface area contributed by atoms with Crippen molar-refractivity contribution < 1.29 is 19.2 Å². The number of carbonyl (C=O) groups is 1. The van der Waals surface area contributed by atoms with Crippen LogP contribution in [0.1, 0.15) is 17.0 Å². The number of nitro groups is 1. The standard InChI is InChI=1S/C15H12FNO4/c16-14-9-11(17(20)21)6-7-12(14)13(15(18)19)8-10-4-2-1-3-5-10/h1-7,9,13H,8H2,(H,18,19). The van der Waals surface area contributed by atoms with Crippen molar-refractivity contribution in [2.75, 3.05) is 0 Å². The number of carboxylic acids is 1. The van der Waals surface area contributed by atoms with Crippen molar-refractivity contribution in [1.82, 2.24) is 0 Å². The maximum Gasteiger partial charge on any atom is 0.311 e. The summed E-state index contributed by atoms with van der Waals surface area (Å²) in [7, 11) is 0. The van der Waals surface area contributed by atoms with Gasteiger partial charge in [0.2, 0.25) is 0 Å². The van der Waals surface area contributed by atoms with E-state index in [1.54, 1.807) is 30.3 Å². The lowest BCUT2D eigenvalue weighted by Gasteiger charge is -2.13. The summed E-state index contributed by atoms with van der Waals surface area (Å²) < 4.78 is 14.0. The summed E-state index contributed by atoms with van der Waals surface area (Å²) in [5.41, 5.74) is 0.291. The lowest BCUT2D eigenvalue weighted by molar-refractivity contribution is -0.385. The first kappa shape index (κ1) is 14.6. The Bertz CT molecular complexity index is 673. The van der Waals surface area contributed by atoms with Crippen molar-refractivity contribution in [3.8, 4) is 0 Å². The largest absolute Gasteiger partial charge is 0.481 e. The van der Waals surface area contributed by atoms with E-state index >= 15 is 0 Å². The lowest BCUT2D eigenvalue weighted by atomic mass is 9.91. The Morgan fingerprint density at radius 2 is 1.90 bits per heavy atom. The van der Waals surface area contributed by atoms with Gasteiger partial charge in [0.15, 0.2) is 0 Å². The third kappa shape index (κ3) is 3.42. The van der Waals surface area contributed by atoms with Gasteiger partial charge in [-0.3, -0.25) is 14.9 Å². The number of carboxylic acid groups (broad SMARTS) is 1. The zero-order chi connectivity index (χ0) is 15.4. The average Bonchev–Trinajstić information content (AvgIpc) is 2.46. The zero-order valence-electron chi connectivity index (χ0n) is 10.9. The van der Waals surface area contributed by atoms with Gasteiger partial charge in [0.05, 0.1) is 16.9 Å². The molecule has 0 fully saturated rings. The van der Waals surface area contributed by atoms with Gasteiger partial charge in [-0.05, 0) is 18.1 Å². The SMILES string of the molecule is O=C(O)C(Cc1ccccc1)c1ccc([N+](=O)[O-])cc1F. The molecule has 0 aliphatic carbocycles. The summed E-state index contributed by atoms with van der Waals surface area (Å²) in [5, 5.41) is 19.9. The molecule has 0 saturated carbocycles. The number of benzene rings is 2. The van der Waals surface area contributed by atoms with E-state index in [2.05, 4.69) is 0 Å². The van der Waals surface area contributed by atoms with Crippen LogP contribution >= 0.6 is 0 Å². The van der Waals surface area contributed by atoms with Crippen LogP contribution in [0.5, 0.6) is 0 Å². The topological polar surface area (TPSA) is 80.4 Å². The van der Waals surface area contributed by atoms with Crippen LogP contribution in [0.15, 0.2) is 48.5 Å². The Morgan fingerprint density at radius 1 is 1.24 bits per heavy atom. The zero-order valence-corrected chi connectivity index (χ0v) is 10.9. The van der Waals surface area contributed by atoms with Gasteiger partial charge < -0.3 is 5.11 Å². The molecule has 0 saturated heterocycles. The smallest absolute Gasteiger partial charge is 0.311 e. The van der Waals surface area contributed by atoms with E-state index in [1.165, 1.54) is 0 Å². The lowest BCUT2D eigenvalue weighted by Crippen LogP contribution is -2.16. The normalized spacial score (nSPS) is 11.9. The molecule has 0 heterocycles. The van der Waals surface area contributed by atoms with Crippen LogP contribution in [-0.2, 0) is 11.2 Å². The molecule has 0 aliphatic heterocycles. The van der Waals surface area contributed by atoms with E-state index in [-0.39, 0.29) is 12.0 Å². The molecule has 0 radical (unpaired) electrons. The second-order valence-electron chi connectivity index (χ2n) is 4.54. The summed E-state index contributed by atoms with van der Waals surface area (Å²) in [5.74, 6) is -3.15. The molecule has 2 rings (SSSR count). The van der Waals surface area contributed by atoms with Gasteiger partial charge in [0, 0.05) is 11.6 Å². The minimum atomic E-state index is -1.17. The highest BCUT2D eigenvalue weighted by Crippen LogP contribution is 2.26. The minimum Gasteiger partial charge on any atom is -0.481 e. The third-order valence-electron chi connectivity index (χ3n) is 3.15. The van der Waals surface area contributed by atoms with Crippen LogP contribution in [0.3, 0.4) is 0 Å². The third-order valence-corrected chi connectivity index (χ3v) is 3.15. The van der Waals surface area contributed by atoms with E-state index in [0.717, 1.165) is 23.8 Å². The molecule has 0 bridgehead atoms. The monoisotopic (exact) mass is 289 g/mol. The number of nitro benzene ring substituents is 1. The van der Waals surface area contributed by atoms with Crippen LogP contribution in [0.2, 0.25) is 0 Å². The van der Waals surface area contributed by atoms with Crippen molar-refractivity contribution in [1.29, 1.82) is 0 Å². The molecule has 2 aromatic carbocycles. The van der Waals surface area contributed by atoms with Crippen LogP contribution in [-0.4, -0.2) is 16.0 Å². The number of non-ortho nitro benzene ring substituents is 1. The summed E-state index contributed by atoms with van der Waals surface area (Å²) in [6.45, 7) is 0. The molecule has 6 heteroatoms. The average molecular weight is 289 g/mol. The van der Waals surface area contributed by atoms with Crippen LogP contribution in [0, 0.1) is 15.9 Å². The van der Waals surface area contributed by atoms with E-state index in [9.17, 15) is 24.4 Å². The minimum absolute atomic E-state index is 0.0584. The number of hydrogen-bond acceptors (Lipinski definition) is 3. The Kier molecular flexibility index (Phi) is 4.27. The van der Waals surface area contributed by atoms with Gasteiger partial charge >= 0.3 is 5.97 Å². The van der Waals surface area contributed by atoms with Crippen LogP contribution < -0.4 is 0 Å². The number of rotatable bonds is 5. The van der Waals surface area contributed by atoms with E-state index in [1.807, 2.05) is 0 Å². The molecule has 5 nitrogen and oxygen atoms in total. The molecule has 1 unspecified atom stereocenters. The van der Waals surface area contributed by atoms with Crippen molar-refractivity contribution >= 4 is 11.7 Å². The van der Waals surface area contributed by atoms with Gasteiger partial charge in [-0.15, -0.1) is 0 Å². The first-order valence-electron chi connectivity index (χ1n) is 6.19. The van der Waals surface area contributed by atoms with E-state index < -0.39 is 28.3 Å². The molecule has 2 aromatic rings. The molecule has 0 amide bonds. The molecule has 0 aliphatic rings. The van der Waals surface area contributed by atoms with Crippen molar-refractivity contribution in [2.45, 2.75) is 12.3 Å². The molecule has 1 atom stereocenters. The van der Waals surface area contributed by atoms with Crippen molar-refractivity contribution in [2.24, 2.45) is 0 Å². The predicted molar refractivity (Wildman–Crippen MR) is 73.6 cm³/mol. The highest BCUT2D eigenvalue weighted by atomic mass is 19.1. The van der Waals surface area contributed by atoms with Crippen molar-refractivity contribution in [3.63, 3.8) is 0 Å². The molecule has 21 heavy (non-hydrogen) atoms. The summed E-state index contributed by atoms with van der Waals surface area (Å²) in [4.78, 5) is 21.2. The first-order valence-corrected chi connectivity index (χ1v) is 6.19. The number of aliphatic carboxylic acids is 1. The summed E-state index contributed by atoms with van der Waals surface area (Å²) >= 11 is 0. The molecule has 108 valence electrons. The molecule has 1 N–H and O–H groups in total. The second-order valence-corrected chi connectivity index (χ2v) is 4.54. The fourth-order valence-electron chi connectivity index (χ4n) is 2.09. The van der Waals surface area contributed by atoms with Crippen LogP contribution in [0.25, 0.3) is 0 Å². The van der Waals surface area contributed by atoms with Gasteiger partial charge in [0.1, 0.15) is 5.82 Å². The number of halogens is 1. The first-order chi connectivity index (χ1) is 9.99. The number of hydrogen-bond donors (Lipinski definition) is 1. The van der Waals surface area contributed by atoms with Crippen molar-refractivity contribution in [3.05, 3.63) is 75.6 Å². The van der Waals surface area contributed by atoms with Gasteiger partial charge in [-0.25, -0.2) is 4.39 Å². The van der Waals surface area contributed by atoms with Crippen LogP contribution in [0.4, 0.5) is 10.1 Å². The summed E-state index contributed by atoms with van der Waals surface area (Å²) in [6.07, 6.45) is 0.116. The Morgan fingerprint density at radius 3 is 2.43 bits per heavy atom. The maximum atomic E-state index is 14.0. The van der Waals surface area contributed by atoms with Gasteiger partial charge in [-0.1, -0.05) is 30.3 Å². The fourth-order valence-corrected chi connectivity index (χ4v) is 2.09. The molecular formula is C15H12FNO4. The second kappa shape index (κ2) is 6.13. The highest BCUT2D eigenvalue weighted by Gasteiger charge is 2.25. The highest BCUT2D eigenvalue weighted by molar-refractivity contribution is 5.76. The summed E-state index contributed by atoms with van der Waals surface area (Å²) in [6, 6.07) is 11.8. The van der Waals surface area contributed by atoms with E-state index in [4.69, 9.17) is 0 Å². The Balaban J connectivity index is 2.35. The number of nitrogens with zero attached hydrogens (tertiary/aromatic N) is 1. The van der Waals surface area contributed by atoms with Gasteiger partial charge in [-0.2, -0.15) is 0 Å². The Hall–Kier alpha value is -2.76. The Labute approximate surface area is 119 Å². The predicted octanol–water partition coefficient (Wildman–Crippen LogP) is 3.14. The molecule has 0 spiro atoms. The molecule has 0 aromatic heterocycles. The quantitative estimate of drug-likeness (QED) is 0.677.